The lowest BCUT2D eigenvalue weighted by Crippen LogP contribution is -2.27. The average molecular weight is 370 g/mol. The second-order valence-corrected chi connectivity index (χ2v) is 6.75. The van der Waals surface area contributed by atoms with Crippen LogP contribution in [0.5, 0.6) is 11.5 Å². The fourth-order valence-electron chi connectivity index (χ4n) is 2.68. The third kappa shape index (κ3) is 6.75. The van der Waals surface area contributed by atoms with E-state index >= 15 is 0 Å². The molecule has 27 heavy (non-hydrogen) atoms. The molecule has 1 amide bonds. The molecule has 0 aliphatic heterocycles. The number of phenols is 1. The molecule has 2 aromatic carbocycles. The fraction of sp³-hybridized carbons (Fsp3) is 0.333. The lowest BCUT2D eigenvalue weighted by molar-refractivity contribution is -0.139. The van der Waals surface area contributed by atoms with Gasteiger partial charge in [0.25, 0.3) is 0 Å². The quantitative estimate of drug-likeness (QED) is 0.551. The molecule has 0 aliphatic carbocycles. The molecule has 0 saturated carbocycles. The standard InChI is InChI=1S/C21H26N2O4/c1-15(24)22-18-8-10-19(11-9-18)27-21(26)17(12-13-23(2)3)14-16-6-4-5-7-20(16)25/h4-11,17,25H,12-14H2,1-3H3,(H,22,24). The summed E-state index contributed by atoms with van der Waals surface area (Å²) in [6.45, 7) is 2.16. The summed E-state index contributed by atoms with van der Waals surface area (Å²) >= 11 is 0. The Morgan fingerprint density at radius 2 is 1.78 bits per heavy atom. The van der Waals surface area contributed by atoms with E-state index in [0.717, 1.165) is 12.1 Å². The Kier molecular flexibility index (Phi) is 7.37. The number of rotatable bonds is 8. The van der Waals surface area contributed by atoms with Crippen molar-refractivity contribution in [2.75, 3.05) is 26.0 Å². The SMILES string of the molecule is CC(=O)Nc1ccc(OC(=O)C(CCN(C)C)Cc2ccccc2O)cc1. The van der Waals surface area contributed by atoms with Crippen molar-refractivity contribution in [3.8, 4) is 11.5 Å². The first kappa shape index (κ1) is 20.5. The Morgan fingerprint density at radius 1 is 1.11 bits per heavy atom. The number of nitrogens with one attached hydrogen (secondary N) is 1. The van der Waals surface area contributed by atoms with Crippen LogP contribution in [0.25, 0.3) is 0 Å². The minimum absolute atomic E-state index is 0.161. The molecule has 0 bridgehead atoms. The second kappa shape index (κ2) is 9.73. The van der Waals surface area contributed by atoms with E-state index in [2.05, 4.69) is 5.32 Å². The van der Waals surface area contributed by atoms with E-state index in [1.165, 1.54) is 6.92 Å². The van der Waals surface area contributed by atoms with Gasteiger partial charge < -0.3 is 20.1 Å². The first-order chi connectivity index (χ1) is 12.8. The number of amides is 1. The van der Waals surface area contributed by atoms with Gasteiger partial charge >= 0.3 is 5.97 Å². The summed E-state index contributed by atoms with van der Waals surface area (Å²) in [5.41, 5.74) is 1.36. The lowest BCUT2D eigenvalue weighted by Gasteiger charge is -2.19. The molecule has 6 heteroatoms. The molecule has 0 aliphatic rings. The van der Waals surface area contributed by atoms with Gasteiger partial charge in [-0.05, 0) is 69.4 Å². The smallest absolute Gasteiger partial charge is 0.314 e. The number of hydrogen-bond donors (Lipinski definition) is 2. The van der Waals surface area contributed by atoms with Crippen LogP contribution < -0.4 is 10.1 Å². The van der Waals surface area contributed by atoms with Crippen LogP contribution in [-0.2, 0) is 16.0 Å². The number of esters is 1. The fourth-order valence-corrected chi connectivity index (χ4v) is 2.68. The van der Waals surface area contributed by atoms with Gasteiger partial charge in [0, 0.05) is 12.6 Å². The van der Waals surface area contributed by atoms with Gasteiger partial charge in [0.1, 0.15) is 11.5 Å². The van der Waals surface area contributed by atoms with Crippen LogP contribution in [0.4, 0.5) is 5.69 Å². The minimum atomic E-state index is -0.379. The molecule has 0 spiro atoms. The number of carbonyl (C=O) groups is 2. The zero-order valence-corrected chi connectivity index (χ0v) is 15.9. The number of benzene rings is 2. The van der Waals surface area contributed by atoms with Gasteiger partial charge in [-0.15, -0.1) is 0 Å². The highest BCUT2D eigenvalue weighted by molar-refractivity contribution is 5.88. The molecule has 0 aromatic heterocycles. The van der Waals surface area contributed by atoms with Crippen molar-refractivity contribution in [1.29, 1.82) is 0 Å². The van der Waals surface area contributed by atoms with Crippen molar-refractivity contribution >= 4 is 17.6 Å². The van der Waals surface area contributed by atoms with Crippen molar-refractivity contribution in [1.82, 2.24) is 4.90 Å². The van der Waals surface area contributed by atoms with Crippen molar-refractivity contribution in [3.05, 3.63) is 54.1 Å². The molecule has 1 unspecified atom stereocenters. The predicted molar refractivity (Wildman–Crippen MR) is 105 cm³/mol. The largest absolute Gasteiger partial charge is 0.508 e. The number of hydrogen-bond acceptors (Lipinski definition) is 5. The zero-order chi connectivity index (χ0) is 19.8. The first-order valence-corrected chi connectivity index (χ1v) is 8.86. The van der Waals surface area contributed by atoms with E-state index in [1.807, 2.05) is 31.1 Å². The summed E-state index contributed by atoms with van der Waals surface area (Å²) in [5.74, 6) is -0.282. The van der Waals surface area contributed by atoms with Crippen molar-refractivity contribution in [3.63, 3.8) is 0 Å². The maximum Gasteiger partial charge on any atom is 0.314 e. The Morgan fingerprint density at radius 3 is 2.37 bits per heavy atom. The van der Waals surface area contributed by atoms with Crippen LogP contribution in [0.15, 0.2) is 48.5 Å². The number of aromatic hydroxyl groups is 1. The van der Waals surface area contributed by atoms with Gasteiger partial charge in [0.05, 0.1) is 5.92 Å². The van der Waals surface area contributed by atoms with Crippen LogP contribution in [0.3, 0.4) is 0 Å². The Hall–Kier alpha value is -2.86. The number of anilines is 1. The number of ether oxygens (including phenoxy) is 1. The maximum absolute atomic E-state index is 12.7. The molecule has 2 rings (SSSR count). The number of phenolic OH excluding ortho intramolecular Hbond substituents is 1. The highest BCUT2D eigenvalue weighted by atomic mass is 16.5. The summed E-state index contributed by atoms with van der Waals surface area (Å²) in [6.07, 6.45) is 1.02. The monoisotopic (exact) mass is 370 g/mol. The average Bonchev–Trinajstić information content (AvgIpc) is 2.61. The van der Waals surface area contributed by atoms with Gasteiger partial charge in [0.15, 0.2) is 0 Å². The molecule has 0 saturated heterocycles. The Balaban J connectivity index is 2.08. The highest BCUT2D eigenvalue weighted by Crippen LogP contribution is 2.24. The van der Waals surface area contributed by atoms with Gasteiger partial charge in [-0.2, -0.15) is 0 Å². The summed E-state index contributed by atoms with van der Waals surface area (Å²) in [5, 5.41) is 12.7. The molecule has 2 aromatic rings. The van der Waals surface area contributed by atoms with Crippen LogP contribution >= 0.6 is 0 Å². The minimum Gasteiger partial charge on any atom is -0.508 e. The number of nitrogens with zero attached hydrogens (tertiary/aromatic N) is 1. The van der Waals surface area contributed by atoms with Crippen molar-refractivity contribution in [2.24, 2.45) is 5.92 Å². The molecular weight excluding hydrogens is 344 g/mol. The zero-order valence-electron chi connectivity index (χ0n) is 15.9. The first-order valence-electron chi connectivity index (χ1n) is 8.86. The van der Waals surface area contributed by atoms with E-state index in [9.17, 15) is 14.7 Å². The van der Waals surface area contributed by atoms with Crippen LogP contribution in [0.1, 0.15) is 18.9 Å². The number of para-hydroxylation sites is 1. The molecule has 1 atom stereocenters. The van der Waals surface area contributed by atoms with E-state index in [0.29, 0.717) is 24.3 Å². The third-order valence-electron chi connectivity index (χ3n) is 4.11. The summed E-state index contributed by atoms with van der Waals surface area (Å²) in [6, 6.07) is 13.7. The van der Waals surface area contributed by atoms with E-state index < -0.39 is 0 Å². The van der Waals surface area contributed by atoms with E-state index in [1.54, 1.807) is 36.4 Å². The maximum atomic E-state index is 12.7. The Labute approximate surface area is 159 Å². The molecule has 0 heterocycles. The van der Waals surface area contributed by atoms with Gasteiger partial charge in [-0.1, -0.05) is 18.2 Å². The number of carbonyl (C=O) groups excluding carboxylic acids is 2. The van der Waals surface area contributed by atoms with Gasteiger partial charge in [-0.3, -0.25) is 9.59 Å². The van der Waals surface area contributed by atoms with E-state index in [-0.39, 0.29) is 23.5 Å². The van der Waals surface area contributed by atoms with Crippen LogP contribution in [0, 0.1) is 5.92 Å². The van der Waals surface area contributed by atoms with E-state index in [4.69, 9.17) is 4.74 Å². The normalized spacial score (nSPS) is 11.9. The van der Waals surface area contributed by atoms with Crippen LogP contribution in [-0.4, -0.2) is 42.5 Å². The lowest BCUT2D eigenvalue weighted by atomic mass is 9.95. The molecule has 6 nitrogen and oxygen atoms in total. The molecular formula is C21H26N2O4. The van der Waals surface area contributed by atoms with Crippen LogP contribution in [0.2, 0.25) is 0 Å². The predicted octanol–water partition coefficient (Wildman–Crippen LogP) is 3.07. The molecule has 0 fully saturated rings. The summed E-state index contributed by atoms with van der Waals surface area (Å²) in [7, 11) is 3.90. The van der Waals surface area contributed by atoms with Gasteiger partial charge in [0.2, 0.25) is 5.91 Å². The molecule has 2 N–H and O–H groups in total. The highest BCUT2D eigenvalue weighted by Gasteiger charge is 2.22. The second-order valence-electron chi connectivity index (χ2n) is 6.75. The third-order valence-corrected chi connectivity index (χ3v) is 4.11. The van der Waals surface area contributed by atoms with Crippen molar-refractivity contribution in [2.45, 2.75) is 19.8 Å². The summed E-state index contributed by atoms with van der Waals surface area (Å²) < 4.78 is 5.53. The molecule has 144 valence electrons. The van der Waals surface area contributed by atoms with Gasteiger partial charge in [-0.25, -0.2) is 0 Å². The van der Waals surface area contributed by atoms with Crippen molar-refractivity contribution < 1.29 is 19.4 Å². The molecule has 0 radical (unpaired) electrons. The summed E-state index contributed by atoms with van der Waals surface area (Å²) in [4.78, 5) is 25.8. The topological polar surface area (TPSA) is 78.9 Å². The Bertz CT molecular complexity index is 772.